The van der Waals surface area contributed by atoms with Gasteiger partial charge in [-0.1, -0.05) is 303 Å². The second-order valence-corrected chi connectivity index (χ2v) is 28.7. The quantitative estimate of drug-likeness (QED) is 0.108. The zero-order valence-electron chi connectivity index (χ0n) is 60.2. The summed E-state index contributed by atoms with van der Waals surface area (Å²) in [7, 11) is 0. The van der Waals surface area contributed by atoms with Crippen LogP contribution in [-0.2, 0) is 0 Å². The number of anilines is 6. The summed E-state index contributed by atoms with van der Waals surface area (Å²) >= 11 is 0. The molecule has 0 aliphatic heterocycles. The van der Waals surface area contributed by atoms with Gasteiger partial charge in [-0.2, -0.15) is 0 Å². The molecule has 0 aliphatic rings. The van der Waals surface area contributed by atoms with Gasteiger partial charge in [0.25, 0.3) is 0 Å². The molecule has 0 bridgehead atoms. The third-order valence-electron chi connectivity index (χ3n) is 22.4. The van der Waals surface area contributed by atoms with E-state index in [-0.39, 0.29) is 0 Å². The Kier molecular flexibility index (Phi) is 15.5. The summed E-state index contributed by atoms with van der Waals surface area (Å²) in [6.07, 6.45) is 0. The van der Waals surface area contributed by atoms with Gasteiger partial charge in [-0.05, 0) is 220 Å². The monoisotopic (exact) mass is 1400 g/mol. The number of para-hydroxylation sites is 2. The Balaban J connectivity index is 0.612. The van der Waals surface area contributed by atoms with Crippen molar-refractivity contribution in [3.63, 3.8) is 0 Å². The van der Waals surface area contributed by atoms with Crippen LogP contribution in [0.5, 0.6) is 0 Å². The summed E-state index contributed by atoms with van der Waals surface area (Å²) in [5.74, 6) is 0. The van der Waals surface area contributed by atoms with Crippen LogP contribution in [0.2, 0.25) is 0 Å². The first-order valence-electron chi connectivity index (χ1n) is 37.9. The Labute approximate surface area is 638 Å². The normalized spacial score (nSPS) is 11.6. The topological polar surface area (TPSA) is 16.3 Å². The van der Waals surface area contributed by atoms with Crippen molar-refractivity contribution in [2.45, 2.75) is 0 Å². The number of hydrogen-bond acceptors (Lipinski definition) is 2. The maximum absolute atomic E-state index is 2.45. The molecule has 4 nitrogen and oxygen atoms in total. The van der Waals surface area contributed by atoms with E-state index in [9.17, 15) is 0 Å². The SMILES string of the molecule is c1ccc(-c2ccc(N(c3cccc(-c4cccc5c4c4c6ccc(-c7ccc(-c8cccc(-c9ccc(N(c%10cccc(-c%11cccc%12c%11c%11c%13ccccc%13ccc%11n%12-c%11ccccc%11)c%10)c%10cccc%11ccccc%10%11)cc9)c8)cc7)cc6ccc4n5-c4ccccc4)c3)c3cccc4ccccc34)cc2)cc1. The standard InChI is InChI=1S/C106H70N4/c1-4-23-71(24-5-1)72-53-60-87(61-54-72)107(97-45-19-28-76-25-10-13-40-91(76)97)89-38-18-33-83(70-89)95-44-22-48-100-105(95)106-96-64-57-81(68-84(96)59-66-102(106)110(100)86-36-8-3-9-37-86)74-51-49-73(50-52-74)79-30-16-31-80(67-79)75-55-62-88(63-56-75)108(98-46-20-29-77-26-11-14-41-92(77)98)90-39-17-32-82(69-90)94-43-21-47-99-104(94)103-93-42-15-12-27-78(93)58-65-101(103)109(99)85-34-6-2-7-35-85/h1-70H. The molecule has 0 aliphatic carbocycles. The molecule has 0 N–H and O–H groups in total. The summed E-state index contributed by atoms with van der Waals surface area (Å²) in [5, 5.41) is 14.6. The minimum Gasteiger partial charge on any atom is -0.310 e. The van der Waals surface area contributed by atoms with Crippen molar-refractivity contribution in [3.05, 3.63) is 425 Å². The smallest absolute Gasteiger partial charge is 0.0547 e. The maximum Gasteiger partial charge on any atom is 0.0547 e. The molecule has 0 radical (unpaired) electrons. The number of rotatable bonds is 14. The Morgan fingerprint density at radius 1 is 0.164 bits per heavy atom. The van der Waals surface area contributed by atoms with Gasteiger partial charge in [-0.15, -0.1) is 0 Å². The molecule has 110 heavy (non-hydrogen) atoms. The highest BCUT2D eigenvalue weighted by molar-refractivity contribution is 6.27. The van der Waals surface area contributed by atoms with E-state index in [1.54, 1.807) is 0 Å². The van der Waals surface area contributed by atoms with E-state index in [4.69, 9.17) is 0 Å². The maximum atomic E-state index is 2.45. The number of aromatic nitrogens is 2. The lowest BCUT2D eigenvalue weighted by atomic mass is 9.94. The molecule has 0 unspecified atom stereocenters. The van der Waals surface area contributed by atoms with E-state index in [1.165, 1.54) is 115 Å². The molecule has 19 aromatic carbocycles. The third kappa shape index (κ3) is 11.0. The molecule has 0 saturated carbocycles. The fourth-order valence-corrected chi connectivity index (χ4v) is 17.3. The highest BCUT2D eigenvalue weighted by atomic mass is 15.1. The van der Waals surface area contributed by atoms with Crippen LogP contribution in [0.4, 0.5) is 34.1 Å². The van der Waals surface area contributed by atoms with Crippen molar-refractivity contribution in [1.82, 2.24) is 9.13 Å². The summed E-state index contributed by atoms with van der Waals surface area (Å²) in [6, 6.07) is 156. The molecule has 21 aromatic rings. The van der Waals surface area contributed by atoms with Gasteiger partial charge >= 0.3 is 0 Å². The van der Waals surface area contributed by atoms with E-state index < -0.39 is 0 Å². The van der Waals surface area contributed by atoms with Crippen LogP contribution in [0.25, 0.3) is 165 Å². The first-order chi connectivity index (χ1) is 54.6. The van der Waals surface area contributed by atoms with Crippen LogP contribution in [0, 0.1) is 0 Å². The van der Waals surface area contributed by atoms with Crippen LogP contribution in [-0.4, -0.2) is 9.13 Å². The molecule has 514 valence electrons. The fourth-order valence-electron chi connectivity index (χ4n) is 17.3. The molecule has 2 aromatic heterocycles. The van der Waals surface area contributed by atoms with Gasteiger partial charge in [0.2, 0.25) is 0 Å². The average Bonchev–Trinajstić information content (AvgIpc) is 1.56. The number of fused-ring (bicyclic) bond motifs is 12. The van der Waals surface area contributed by atoms with Gasteiger partial charge in [0, 0.05) is 66.4 Å². The van der Waals surface area contributed by atoms with Gasteiger partial charge in [-0.3, -0.25) is 0 Å². The van der Waals surface area contributed by atoms with Crippen molar-refractivity contribution >= 4 is 121 Å². The minimum absolute atomic E-state index is 1.07. The Bertz CT molecular complexity index is 7110. The van der Waals surface area contributed by atoms with E-state index in [0.29, 0.717) is 0 Å². The fraction of sp³-hybridized carbons (Fsp3) is 0. The highest BCUT2D eigenvalue weighted by Gasteiger charge is 2.25. The van der Waals surface area contributed by atoms with Crippen molar-refractivity contribution in [3.8, 4) is 78.1 Å². The lowest BCUT2D eigenvalue weighted by Crippen LogP contribution is -2.10. The molecular formula is C106H70N4. The van der Waals surface area contributed by atoms with E-state index in [2.05, 4.69) is 444 Å². The molecule has 4 heteroatoms. The van der Waals surface area contributed by atoms with Gasteiger partial charge in [0.05, 0.1) is 33.4 Å². The van der Waals surface area contributed by atoms with Crippen LogP contribution >= 0.6 is 0 Å². The van der Waals surface area contributed by atoms with E-state index in [1.807, 2.05) is 0 Å². The Morgan fingerprint density at radius 2 is 0.491 bits per heavy atom. The summed E-state index contributed by atoms with van der Waals surface area (Å²) < 4.78 is 4.88. The molecule has 2 heterocycles. The van der Waals surface area contributed by atoms with Gasteiger partial charge in [-0.25, -0.2) is 0 Å². The molecule has 0 amide bonds. The first-order valence-corrected chi connectivity index (χ1v) is 37.9. The summed E-state index contributed by atoms with van der Waals surface area (Å²) in [6.45, 7) is 0. The third-order valence-corrected chi connectivity index (χ3v) is 22.4. The molecule has 0 fully saturated rings. The lowest BCUT2D eigenvalue weighted by Gasteiger charge is -2.27. The second kappa shape index (κ2) is 26.8. The largest absolute Gasteiger partial charge is 0.310 e. The Morgan fingerprint density at radius 3 is 0.991 bits per heavy atom. The van der Waals surface area contributed by atoms with Crippen LogP contribution in [0.3, 0.4) is 0 Å². The number of hydrogen-bond donors (Lipinski definition) is 0. The molecular weight excluding hydrogens is 1330 g/mol. The first kappa shape index (κ1) is 63.9. The van der Waals surface area contributed by atoms with E-state index in [0.717, 1.165) is 84.4 Å². The molecule has 0 saturated heterocycles. The Hall–Kier alpha value is -14.6. The zero-order chi connectivity index (χ0) is 72.6. The van der Waals surface area contributed by atoms with Crippen molar-refractivity contribution < 1.29 is 0 Å². The predicted octanol–water partition coefficient (Wildman–Crippen LogP) is 29.4. The van der Waals surface area contributed by atoms with Gasteiger partial charge < -0.3 is 18.9 Å². The minimum atomic E-state index is 1.07. The highest BCUT2D eigenvalue weighted by Crippen LogP contribution is 2.49. The summed E-state index contributed by atoms with van der Waals surface area (Å²) in [4.78, 5) is 4.86. The van der Waals surface area contributed by atoms with Crippen molar-refractivity contribution in [2.75, 3.05) is 9.80 Å². The molecule has 21 rings (SSSR count). The summed E-state index contributed by atoms with van der Waals surface area (Å²) in [5.41, 5.74) is 27.6. The zero-order valence-corrected chi connectivity index (χ0v) is 60.2. The van der Waals surface area contributed by atoms with E-state index >= 15 is 0 Å². The van der Waals surface area contributed by atoms with Crippen LogP contribution in [0.15, 0.2) is 425 Å². The molecule has 0 spiro atoms. The van der Waals surface area contributed by atoms with Gasteiger partial charge in [0.15, 0.2) is 0 Å². The predicted molar refractivity (Wildman–Crippen MR) is 467 cm³/mol. The lowest BCUT2D eigenvalue weighted by molar-refractivity contribution is 1.18. The number of nitrogens with zero attached hydrogens (tertiary/aromatic N) is 4. The number of benzene rings is 19. The van der Waals surface area contributed by atoms with Crippen LogP contribution < -0.4 is 9.80 Å². The van der Waals surface area contributed by atoms with Crippen LogP contribution in [0.1, 0.15) is 0 Å². The van der Waals surface area contributed by atoms with Gasteiger partial charge in [0.1, 0.15) is 0 Å². The second-order valence-electron chi connectivity index (χ2n) is 28.7. The van der Waals surface area contributed by atoms with Crippen molar-refractivity contribution in [1.29, 1.82) is 0 Å². The van der Waals surface area contributed by atoms with Crippen molar-refractivity contribution in [2.24, 2.45) is 0 Å². The molecule has 0 atom stereocenters. The average molecular weight is 1400 g/mol.